The van der Waals surface area contributed by atoms with Crippen LogP contribution in [0.3, 0.4) is 0 Å². The van der Waals surface area contributed by atoms with Gasteiger partial charge in [-0.1, -0.05) is 36.4 Å². The molecule has 0 aliphatic carbocycles. The van der Waals surface area contributed by atoms with E-state index in [0.717, 1.165) is 24.0 Å². The zero-order chi connectivity index (χ0) is 22.9. The van der Waals surface area contributed by atoms with E-state index in [2.05, 4.69) is 5.32 Å². The molecular formula is C26H24N2O4. The number of esters is 1. The molecule has 3 rings (SSSR count). The van der Waals surface area contributed by atoms with Crippen molar-refractivity contribution in [3.8, 4) is 17.4 Å². The van der Waals surface area contributed by atoms with Gasteiger partial charge in [0.1, 0.15) is 23.2 Å². The first kappa shape index (κ1) is 22.6. The van der Waals surface area contributed by atoms with Gasteiger partial charge in [-0.3, -0.25) is 4.79 Å². The number of carbonyl (C=O) groups excluding carboxylic acids is 2. The van der Waals surface area contributed by atoms with Crippen molar-refractivity contribution in [1.82, 2.24) is 5.32 Å². The molecule has 6 heteroatoms. The van der Waals surface area contributed by atoms with E-state index in [1.54, 1.807) is 30.3 Å². The number of nitrogens with zero attached hydrogens (tertiary/aromatic N) is 1. The molecule has 1 aromatic heterocycles. The molecule has 0 spiro atoms. The average Bonchev–Trinajstić information content (AvgIpc) is 3.28. The number of ether oxygens (including phenoxy) is 1. The maximum absolute atomic E-state index is 12.4. The fraction of sp³-hybridized carbons (Fsp3) is 0.192. The lowest BCUT2D eigenvalue weighted by Gasteiger charge is -2.05. The lowest BCUT2D eigenvalue weighted by Crippen LogP contribution is -2.25. The first-order chi connectivity index (χ1) is 15.5. The third kappa shape index (κ3) is 5.73. The van der Waals surface area contributed by atoms with Crippen LogP contribution in [0.4, 0.5) is 0 Å². The van der Waals surface area contributed by atoms with Gasteiger partial charge in [0, 0.05) is 18.2 Å². The van der Waals surface area contributed by atoms with Gasteiger partial charge >= 0.3 is 5.97 Å². The van der Waals surface area contributed by atoms with E-state index >= 15 is 0 Å². The van der Waals surface area contributed by atoms with Crippen molar-refractivity contribution in [3.05, 3.63) is 88.7 Å². The first-order valence-electron chi connectivity index (χ1n) is 10.2. The second-order valence-corrected chi connectivity index (χ2v) is 7.24. The molecule has 0 fully saturated rings. The molecule has 0 radical (unpaired) electrons. The van der Waals surface area contributed by atoms with Crippen LogP contribution in [0.15, 0.2) is 70.7 Å². The molecule has 32 heavy (non-hydrogen) atoms. The van der Waals surface area contributed by atoms with E-state index in [-0.39, 0.29) is 5.57 Å². The van der Waals surface area contributed by atoms with Crippen molar-refractivity contribution in [2.24, 2.45) is 0 Å². The minimum atomic E-state index is -0.433. The fourth-order valence-corrected chi connectivity index (χ4v) is 3.29. The van der Waals surface area contributed by atoms with Gasteiger partial charge in [-0.25, -0.2) is 4.79 Å². The number of carbonyl (C=O) groups is 2. The largest absolute Gasteiger partial charge is 0.465 e. The highest BCUT2D eigenvalue weighted by molar-refractivity contribution is 6.01. The summed E-state index contributed by atoms with van der Waals surface area (Å²) in [4.78, 5) is 24.0. The van der Waals surface area contributed by atoms with Crippen LogP contribution in [0.25, 0.3) is 17.4 Å². The molecule has 0 aliphatic rings. The Hall–Kier alpha value is -4.11. The number of hydrogen-bond donors (Lipinski definition) is 1. The summed E-state index contributed by atoms with van der Waals surface area (Å²) in [5.74, 6) is 0.131. The number of hydrogen-bond acceptors (Lipinski definition) is 5. The molecule has 0 saturated heterocycles. The number of amides is 1. The molecular weight excluding hydrogens is 404 g/mol. The Bertz CT molecular complexity index is 1170. The van der Waals surface area contributed by atoms with Crippen LogP contribution >= 0.6 is 0 Å². The second kappa shape index (κ2) is 10.8. The maximum atomic E-state index is 12.4. The highest BCUT2D eigenvalue weighted by Crippen LogP contribution is 2.27. The molecule has 0 aliphatic heterocycles. The van der Waals surface area contributed by atoms with Crippen LogP contribution in [-0.2, 0) is 16.0 Å². The summed E-state index contributed by atoms with van der Waals surface area (Å²) in [6.45, 7) is 2.34. The van der Waals surface area contributed by atoms with Crippen molar-refractivity contribution in [3.63, 3.8) is 0 Å². The van der Waals surface area contributed by atoms with Gasteiger partial charge in [0.15, 0.2) is 0 Å². The SMILES string of the molecule is COC(=O)c1ccc(-c2ccc(/C=C(/C#N)C(=O)NCCCc3ccccc3)o2)c(C)c1. The van der Waals surface area contributed by atoms with E-state index in [9.17, 15) is 14.9 Å². The second-order valence-electron chi connectivity index (χ2n) is 7.24. The molecule has 6 nitrogen and oxygen atoms in total. The van der Waals surface area contributed by atoms with Crippen molar-refractivity contribution in [1.29, 1.82) is 5.26 Å². The molecule has 162 valence electrons. The van der Waals surface area contributed by atoms with Crippen molar-refractivity contribution < 1.29 is 18.7 Å². The van der Waals surface area contributed by atoms with E-state index in [0.29, 0.717) is 23.6 Å². The zero-order valence-corrected chi connectivity index (χ0v) is 18.1. The highest BCUT2D eigenvalue weighted by Gasteiger charge is 2.13. The molecule has 2 aromatic carbocycles. The van der Waals surface area contributed by atoms with Crippen LogP contribution in [0, 0.1) is 18.3 Å². The van der Waals surface area contributed by atoms with Crippen LogP contribution in [-0.4, -0.2) is 25.5 Å². The Balaban J connectivity index is 1.64. The minimum absolute atomic E-state index is 0.0247. The summed E-state index contributed by atoms with van der Waals surface area (Å²) in [6, 6.07) is 20.6. The van der Waals surface area contributed by atoms with Gasteiger partial charge in [0.2, 0.25) is 0 Å². The first-order valence-corrected chi connectivity index (χ1v) is 10.2. The predicted molar refractivity (Wildman–Crippen MR) is 122 cm³/mol. The molecule has 1 heterocycles. The molecule has 0 unspecified atom stereocenters. The summed E-state index contributed by atoms with van der Waals surface area (Å²) in [6.07, 6.45) is 3.05. The normalized spacial score (nSPS) is 11.0. The number of nitrogens with one attached hydrogen (secondary N) is 1. The van der Waals surface area contributed by atoms with E-state index in [1.807, 2.05) is 43.3 Å². The third-order valence-electron chi connectivity index (χ3n) is 4.96. The van der Waals surface area contributed by atoms with Crippen molar-refractivity contribution >= 4 is 18.0 Å². The van der Waals surface area contributed by atoms with E-state index in [1.165, 1.54) is 18.7 Å². The summed E-state index contributed by atoms with van der Waals surface area (Å²) < 4.78 is 10.6. The van der Waals surface area contributed by atoms with Gasteiger partial charge in [-0.15, -0.1) is 0 Å². The Morgan fingerprint density at radius 3 is 2.59 bits per heavy atom. The minimum Gasteiger partial charge on any atom is -0.465 e. The number of methoxy groups -OCH3 is 1. The Labute approximate surface area is 187 Å². The van der Waals surface area contributed by atoms with E-state index in [4.69, 9.17) is 9.15 Å². The topological polar surface area (TPSA) is 92.3 Å². The fourth-order valence-electron chi connectivity index (χ4n) is 3.29. The molecule has 3 aromatic rings. The van der Waals surface area contributed by atoms with Gasteiger partial charge in [0.05, 0.1) is 12.7 Å². The summed E-state index contributed by atoms with van der Waals surface area (Å²) in [7, 11) is 1.34. The van der Waals surface area contributed by atoms with Crippen LogP contribution in [0.1, 0.15) is 33.7 Å². The lowest BCUT2D eigenvalue weighted by atomic mass is 10.0. The van der Waals surface area contributed by atoms with Crippen LogP contribution in [0.5, 0.6) is 0 Å². The van der Waals surface area contributed by atoms with Crippen LogP contribution < -0.4 is 5.32 Å². The van der Waals surface area contributed by atoms with Crippen LogP contribution in [0.2, 0.25) is 0 Å². The number of rotatable bonds is 8. The highest BCUT2D eigenvalue weighted by atomic mass is 16.5. The van der Waals surface area contributed by atoms with Crippen molar-refractivity contribution in [2.45, 2.75) is 19.8 Å². The molecule has 1 amide bonds. The van der Waals surface area contributed by atoms with Gasteiger partial charge < -0.3 is 14.5 Å². The molecule has 1 N–H and O–H groups in total. The Morgan fingerprint density at radius 1 is 1.12 bits per heavy atom. The number of aryl methyl sites for hydroxylation is 2. The molecule has 0 saturated carbocycles. The standard InChI is InChI=1S/C26H24N2O4/c1-18-15-20(26(30)31-2)10-12-23(18)24-13-11-22(32-24)16-21(17-27)25(29)28-14-6-9-19-7-4-3-5-8-19/h3-5,7-8,10-13,15-16H,6,9,14H2,1-2H3,(H,28,29)/b21-16-. The zero-order valence-electron chi connectivity index (χ0n) is 18.1. The molecule has 0 bridgehead atoms. The van der Waals surface area contributed by atoms with Gasteiger partial charge in [-0.05, 0) is 55.2 Å². The summed E-state index contributed by atoms with van der Waals surface area (Å²) >= 11 is 0. The summed E-state index contributed by atoms with van der Waals surface area (Å²) in [5.41, 5.74) is 3.28. The van der Waals surface area contributed by atoms with Gasteiger partial charge in [0.25, 0.3) is 5.91 Å². The van der Waals surface area contributed by atoms with Gasteiger partial charge in [-0.2, -0.15) is 5.26 Å². The number of nitriles is 1. The number of furan rings is 1. The predicted octanol–water partition coefficient (Wildman–Crippen LogP) is 4.70. The average molecular weight is 428 g/mol. The Kier molecular flexibility index (Phi) is 7.60. The Morgan fingerprint density at radius 2 is 1.91 bits per heavy atom. The number of benzene rings is 2. The lowest BCUT2D eigenvalue weighted by molar-refractivity contribution is -0.117. The maximum Gasteiger partial charge on any atom is 0.337 e. The van der Waals surface area contributed by atoms with Crippen molar-refractivity contribution in [2.75, 3.05) is 13.7 Å². The van der Waals surface area contributed by atoms with E-state index < -0.39 is 11.9 Å². The monoisotopic (exact) mass is 428 g/mol. The quantitative estimate of drug-likeness (QED) is 0.243. The molecule has 0 atom stereocenters. The smallest absolute Gasteiger partial charge is 0.337 e. The summed E-state index contributed by atoms with van der Waals surface area (Å²) in [5, 5.41) is 12.2. The third-order valence-corrected chi connectivity index (χ3v) is 4.96.